The third-order valence-electron chi connectivity index (χ3n) is 7.81. The molecule has 39 heavy (non-hydrogen) atoms. The number of halogens is 3. The van der Waals surface area contributed by atoms with Crippen LogP contribution in [0.15, 0.2) is 72.8 Å². The van der Waals surface area contributed by atoms with Gasteiger partial charge in [-0.2, -0.15) is 0 Å². The van der Waals surface area contributed by atoms with Gasteiger partial charge in [0, 0.05) is 24.4 Å². The Hall–Kier alpha value is -3.30. The Kier molecular flexibility index (Phi) is 9.02. The quantitative estimate of drug-likeness (QED) is 0.425. The minimum absolute atomic E-state index is 0. The van der Waals surface area contributed by atoms with E-state index in [1.165, 1.54) is 29.2 Å². The van der Waals surface area contributed by atoms with E-state index < -0.39 is 11.9 Å². The molecular weight excluding hydrogens is 568 g/mol. The van der Waals surface area contributed by atoms with E-state index in [-0.39, 0.29) is 53.0 Å². The molecule has 3 aliphatic heterocycles. The number of nitrogens with one attached hydrogen (secondary N) is 1. The molecule has 3 heterocycles. The molecule has 1 N–H and O–H groups in total. The van der Waals surface area contributed by atoms with Gasteiger partial charge < -0.3 is 31.5 Å². The molecule has 2 bridgehead atoms. The molecule has 0 aliphatic carbocycles. The van der Waals surface area contributed by atoms with Crippen molar-refractivity contribution in [2.45, 2.75) is 32.4 Å². The summed E-state index contributed by atoms with van der Waals surface area (Å²) < 4.78 is 34.8. The van der Waals surface area contributed by atoms with Crippen molar-refractivity contribution in [2.75, 3.05) is 36.4 Å². The molecule has 6 rings (SSSR count). The van der Waals surface area contributed by atoms with Crippen LogP contribution in [0.4, 0.5) is 25.0 Å². The summed E-state index contributed by atoms with van der Waals surface area (Å²) >= 11 is 0. The summed E-state index contributed by atoms with van der Waals surface area (Å²) in [6.07, 6.45) is 0.681. The van der Waals surface area contributed by atoms with Gasteiger partial charge in [-0.05, 0) is 48.4 Å². The van der Waals surface area contributed by atoms with Gasteiger partial charge in [0.1, 0.15) is 18.2 Å². The number of carbonyl (C=O) groups excluding carboxylic acids is 2. The number of ether oxygens (including phenoxy) is 1. The van der Waals surface area contributed by atoms with Crippen molar-refractivity contribution < 1.29 is 44.6 Å². The number of piperidine rings is 3. The molecule has 206 valence electrons. The lowest BCUT2D eigenvalue weighted by Gasteiger charge is -2.51. The van der Waals surface area contributed by atoms with Crippen LogP contribution in [0.25, 0.3) is 0 Å². The maximum absolute atomic E-state index is 14.8. The van der Waals surface area contributed by atoms with Gasteiger partial charge in [0.15, 0.2) is 12.6 Å². The predicted octanol–water partition coefficient (Wildman–Crippen LogP) is 2.67. The topological polar surface area (TPSA) is 58.6 Å². The second-order valence-corrected chi connectivity index (χ2v) is 10.4. The fourth-order valence-electron chi connectivity index (χ4n) is 5.67. The molecule has 0 spiro atoms. The minimum atomic E-state index is -0.652. The first kappa shape index (κ1) is 28.7. The number of nitrogens with zero attached hydrogens (tertiary/aromatic N) is 2. The van der Waals surface area contributed by atoms with Crippen molar-refractivity contribution in [2.24, 2.45) is 5.92 Å². The monoisotopic (exact) mass is 599 g/mol. The Morgan fingerprint density at radius 2 is 1.64 bits per heavy atom. The molecule has 3 aromatic rings. The van der Waals surface area contributed by atoms with Crippen molar-refractivity contribution in [3.05, 3.63) is 95.6 Å². The lowest BCUT2D eigenvalue weighted by atomic mass is 9.83. The summed E-state index contributed by atoms with van der Waals surface area (Å²) in [4.78, 5) is 27.7. The lowest BCUT2D eigenvalue weighted by molar-refractivity contribution is -0.938. The molecule has 0 aromatic heterocycles. The van der Waals surface area contributed by atoms with Gasteiger partial charge in [-0.15, -0.1) is 0 Å². The third-order valence-corrected chi connectivity index (χ3v) is 7.81. The molecule has 3 aromatic carbocycles. The van der Waals surface area contributed by atoms with Crippen LogP contribution in [-0.2, 0) is 16.1 Å². The number of hydrogen-bond donors (Lipinski definition) is 1. The number of carbonyl (C=O) groups is 2. The zero-order valence-electron chi connectivity index (χ0n) is 21.8. The van der Waals surface area contributed by atoms with Crippen molar-refractivity contribution >= 4 is 23.4 Å². The number of quaternary nitrogens is 1. The number of amides is 2. The molecule has 6 nitrogen and oxygen atoms in total. The maximum Gasteiger partial charge on any atom is 0.415 e. The highest BCUT2D eigenvalue weighted by Gasteiger charge is 2.49. The molecular formula is C30H32BrF2N3O3. The van der Waals surface area contributed by atoms with Crippen LogP contribution in [0.2, 0.25) is 0 Å². The Balaban J connectivity index is 0.00000353. The first-order chi connectivity index (χ1) is 18.3. The molecule has 0 radical (unpaired) electrons. The van der Waals surface area contributed by atoms with Crippen LogP contribution < -0.4 is 27.2 Å². The standard InChI is InChI=1S/C30H31F2N3O3.BrH/c1-21-6-2-4-8-26(21)33-29(36)20-35-16-14-23(15-17-35)28(19-35)38-30(37)34(27-9-5-3-7-25(27)32)18-22-10-12-24(31)13-11-22;/h2-13,23,28H,14-20H2,1H3;1H/t23?,28-,35?;/m0./s1. The van der Waals surface area contributed by atoms with E-state index >= 15 is 0 Å². The van der Waals surface area contributed by atoms with Gasteiger partial charge in [-0.1, -0.05) is 42.5 Å². The van der Waals surface area contributed by atoms with E-state index in [2.05, 4.69) is 5.32 Å². The third kappa shape index (κ3) is 6.65. The smallest absolute Gasteiger partial charge is 0.415 e. The number of benzene rings is 3. The SMILES string of the molecule is Cc1ccccc1NC(=O)C[N+]12CCC(CC1)[C@@H](OC(=O)N(Cc1ccc(F)cc1)c1ccccc1F)C2.[Br-]. The van der Waals surface area contributed by atoms with E-state index in [1.54, 1.807) is 24.3 Å². The summed E-state index contributed by atoms with van der Waals surface area (Å²) in [7, 11) is 0. The van der Waals surface area contributed by atoms with Gasteiger partial charge in [-0.3, -0.25) is 9.69 Å². The van der Waals surface area contributed by atoms with Crippen molar-refractivity contribution in [1.29, 1.82) is 0 Å². The number of fused-ring (bicyclic) bond motifs is 3. The molecule has 3 fully saturated rings. The second kappa shape index (κ2) is 12.3. The normalized spacial score (nSPS) is 21.5. The van der Waals surface area contributed by atoms with Crippen molar-refractivity contribution in [3.8, 4) is 0 Å². The summed E-state index contributed by atoms with van der Waals surface area (Å²) in [5, 5.41) is 3.03. The van der Waals surface area contributed by atoms with Crippen LogP contribution in [0.3, 0.4) is 0 Å². The molecule has 3 aliphatic rings. The van der Waals surface area contributed by atoms with Gasteiger partial charge in [0.2, 0.25) is 0 Å². The van der Waals surface area contributed by atoms with Crippen LogP contribution in [0.1, 0.15) is 24.0 Å². The van der Waals surface area contributed by atoms with Crippen LogP contribution in [0.5, 0.6) is 0 Å². The maximum atomic E-state index is 14.8. The Bertz CT molecular complexity index is 1310. The number of rotatable bonds is 7. The Morgan fingerprint density at radius 1 is 0.974 bits per heavy atom. The number of para-hydroxylation sites is 2. The summed E-state index contributed by atoms with van der Waals surface area (Å²) in [6, 6.07) is 19.5. The Labute approximate surface area is 237 Å². The highest BCUT2D eigenvalue weighted by Crippen LogP contribution is 2.36. The average Bonchev–Trinajstić information content (AvgIpc) is 2.90. The van der Waals surface area contributed by atoms with Crippen molar-refractivity contribution in [1.82, 2.24) is 0 Å². The zero-order valence-corrected chi connectivity index (χ0v) is 23.4. The molecule has 2 amide bonds. The number of aryl methyl sites for hydroxylation is 1. The highest BCUT2D eigenvalue weighted by atomic mass is 79.9. The minimum Gasteiger partial charge on any atom is -1.00 e. The number of anilines is 2. The highest BCUT2D eigenvalue weighted by molar-refractivity contribution is 5.92. The van der Waals surface area contributed by atoms with Gasteiger partial charge in [0.25, 0.3) is 5.91 Å². The van der Waals surface area contributed by atoms with Gasteiger partial charge >= 0.3 is 6.09 Å². The van der Waals surface area contributed by atoms with Gasteiger partial charge in [0.05, 0.1) is 25.3 Å². The fourth-order valence-corrected chi connectivity index (χ4v) is 5.67. The molecule has 1 atom stereocenters. The largest absolute Gasteiger partial charge is 1.00 e. The molecule has 0 saturated carbocycles. The van der Waals surface area contributed by atoms with Crippen LogP contribution >= 0.6 is 0 Å². The van der Waals surface area contributed by atoms with E-state index in [9.17, 15) is 18.4 Å². The second-order valence-electron chi connectivity index (χ2n) is 10.4. The number of hydrogen-bond acceptors (Lipinski definition) is 3. The molecule has 9 heteroatoms. The summed E-state index contributed by atoms with van der Waals surface area (Å²) in [5.74, 6) is -0.793. The van der Waals surface area contributed by atoms with Crippen molar-refractivity contribution in [3.63, 3.8) is 0 Å². The zero-order chi connectivity index (χ0) is 26.7. The first-order valence-electron chi connectivity index (χ1n) is 13.0. The van der Waals surface area contributed by atoms with Crippen LogP contribution in [0, 0.1) is 24.5 Å². The summed E-state index contributed by atoms with van der Waals surface area (Å²) in [6.45, 7) is 4.55. The van der Waals surface area contributed by atoms with Crippen LogP contribution in [-0.4, -0.2) is 48.8 Å². The van der Waals surface area contributed by atoms with E-state index in [1.807, 2.05) is 31.2 Å². The molecule has 3 saturated heterocycles. The van der Waals surface area contributed by atoms with E-state index in [4.69, 9.17) is 4.74 Å². The fraction of sp³-hybridized carbons (Fsp3) is 0.333. The molecule has 0 unspecified atom stereocenters. The van der Waals surface area contributed by atoms with E-state index in [0.717, 1.165) is 37.2 Å². The van der Waals surface area contributed by atoms with E-state index in [0.29, 0.717) is 23.1 Å². The predicted molar refractivity (Wildman–Crippen MR) is 142 cm³/mol. The Morgan fingerprint density at radius 3 is 2.33 bits per heavy atom. The first-order valence-corrected chi connectivity index (χ1v) is 13.0. The lowest BCUT2D eigenvalue weighted by Crippen LogP contribution is -3.00. The summed E-state index contributed by atoms with van der Waals surface area (Å²) in [5.41, 5.74) is 2.55. The average molecular weight is 601 g/mol. The van der Waals surface area contributed by atoms with Gasteiger partial charge in [-0.25, -0.2) is 13.6 Å².